The summed E-state index contributed by atoms with van der Waals surface area (Å²) in [7, 11) is 4.09. The average Bonchev–Trinajstić information content (AvgIpc) is 2.77. The van der Waals surface area contributed by atoms with E-state index in [1.807, 2.05) is 17.7 Å². The molecule has 1 atom stereocenters. The van der Waals surface area contributed by atoms with Crippen LogP contribution in [0.4, 0.5) is 0 Å². The topological polar surface area (TPSA) is 44.6 Å². The monoisotopic (exact) mass is 359 g/mol. The molecule has 0 saturated carbocycles. The summed E-state index contributed by atoms with van der Waals surface area (Å²) in [4.78, 5) is 7.04. The molecule has 0 amide bonds. The molecule has 5 nitrogen and oxygen atoms in total. The van der Waals surface area contributed by atoms with E-state index in [4.69, 9.17) is 23.2 Å². The normalized spacial score (nSPS) is 19.9. The molecule has 0 aromatic carbocycles. The lowest BCUT2D eigenvalue weighted by atomic mass is 9.99. The summed E-state index contributed by atoms with van der Waals surface area (Å²) in [6.07, 6.45) is 2.55. The fourth-order valence-electron chi connectivity index (χ4n) is 2.92. The quantitative estimate of drug-likeness (QED) is 0.627. The Bertz CT molecular complexity index is 541. The number of nitrogens with zero attached hydrogens (tertiary/aromatic N) is 3. The fourth-order valence-corrected chi connectivity index (χ4v) is 3.34. The average molecular weight is 360 g/mol. The summed E-state index contributed by atoms with van der Waals surface area (Å²) in [5.41, 5.74) is 0.995. The van der Waals surface area contributed by atoms with E-state index >= 15 is 0 Å². The van der Waals surface area contributed by atoms with E-state index in [0.717, 1.165) is 31.3 Å². The highest BCUT2D eigenvalue weighted by Crippen LogP contribution is 2.25. The summed E-state index contributed by atoms with van der Waals surface area (Å²) in [6.45, 7) is 6.76. The Hall–Kier alpha value is -0.910. The Labute approximate surface area is 149 Å². The lowest BCUT2D eigenvalue weighted by Gasteiger charge is -2.30. The van der Waals surface area contributed by atoms with Crippen molar-refractivity contribution < 1.29 is 0 Å². The van der Waals surface area contributed by atoms with Gasteiger partial charge in [0.1, 0.15) is 5.15 Å². The second-order valence-electron chi connectivity index (χ2n) is 6.18. The van der Waals surface area contributed by atoms with Crippen LogP contribution in [0.1, 0.15) is 25.5 Å². The number of aliphatic imine (C=N–C) groups is 1. The highest BCUT2D eigenvalue weighted by Gasteiger charge is 2.17. The van der Waals surface area contributed by atoms with Crippen molar-refractivity contribution in [1.82, 2.24) is 20.1 Å². The van der Waals surface area contributed by atoms with Gasteiger partial charge in [0.25, 0.3) is 0 Å². The van der Waals surface area contributed by atoms with Crippen molar-refractivity contribution in [2.24, 2.45) is 18.0 Å². The number of rotatable bonds is 5. The van der Waals surface area contributed by atoms with Crippen LogP contribution in [0.25, 0.3) is 0 Å². The van der Waals surface area contributed by atoms with Crippen LogP contribution in [-0.2, 0) is 13.6 Å². The highest BCUT2D eigenvalue weighted by molar-refractivity contribution is 6.41. The van der Waals surface area contributed by atoms with Gasteiger partial charge in [0, 0.05) is 32.4 Å². The second-order valence-corrected chi connectivity index (χ2v) is 6.95. The SMILES string of the molecule is CCNC(=NCc1cc(Cl)c(Cl)n1C)NCC1CCCN(C)C1. The number of hydrogen-bond donors (Lipinski definition) is 2. The molecule has 23 heavy (non-hydrogen) atoms. The molecule has 7 heteroatoms. The number of guanidine groups is 1. The molecule has 130 valence electrons. The number of nitrogens with one attached hydrogen (secondary N) is 2. The van der Waals surface area contributed by atoms with Crippen molar-refractivity contribution in [3.63, 3.8) is 0 Å². The molecule has 2 heterocycles. The number of aromatic nitrogens is 1. The summed E-state index contributed by atoms with van der Waals surface area (Å²) in [5, 5.41) is 7.88. The standard InChI is InChI=1S/C16H27Cl2N5/c1-4-19-16(20-9-12-6-5-7-22(2)11-12)21-10-13-8-14(17)15(18)23(13)3/h8,12H,4-7,9-11H2,1-3H3,(H2,19,20,21). The molecule has 0 spiro atoms. The Balaban J connectivity index is 1.92. The zero-order chi connectivity index (χ0) is 16.8. The molecule has 2 rings (SSSR count). The van der Waals surface area contributed by atoms with Gasteiger partial charge in [-0.05, 0) is 45.3 Å². The number of hydrogen-bond acceptors (Lipinski definition) is 2. The third-order valence-electron chi connectivity index (χ3n) is 4.24. The molecule has 1 unspecified atom stereocenters. The van der Waals surface area contributed by atoms with Gasteiger partial charge in [-0.2, -0.15) is 0 Å². The minimum atomic E-state index is 0.544. The third kappa shape index (κ3) is 5.30. The van der Waals surface area contributed by atoms with Gasteiger partial charge in [-0.15, -0.1) is 0 Å². The first kappa shape index (κ1) is 18.4. The van der Waals surface area contributed by atoms with E-state index < -0.39 is 0 Å². The summed E-state index contributed by atoms with van der Waals surface area (Å²) in [6, 6.07) is 1.87. The first-order valence-corrected chi connectivity index (χ1v) is 8.97. The maximum atomic E-state index is 6.10. The maximum Gasteiger partial charge on any atom is 0.191 e. The van der Waals surface area contributed by atoms with Crippen LogP contribution in [0, 0.1) is 5.92 Å². The van der Waals surface area contributed by atoms with Crippen molar-refractivity contribution in [2.75, 3.05) is 33.2 Å². The van der Waals surface area contributed by atoms with Crippen molar-refractivity contribution >= 4 is 29.2 Å². The molecular formula is C16H27Cl2N5. The van der Waals surface area contributed by atoms with Gasteiger partial charge >= 0.3 is 0 Å². The minimum absolute atomic E-state index is 0.544. The Morgan fingerprint density at radius 1 is 1.35 bits per heavy atom. The lowest BCUT2D eigenvalue weighted by Crippen LogP contribution is -2.43. The smallest absolute Gasteiger partial charge is 0.191 e. The molecule has 0 radical (unpaired) electrons. The van der Waals surface area contributed by atoms with Crippen LogP contribution in [0.2, 0.25) is 10.2 Å². The van der Waals surface area contributed by atoms with Crippen LogP contribution in [0.3, 0.4) is 0 Å². The van der Waals surface area contributed by atoms with Gasteiger partial charge in [-0.25, -0.2) is 4.99 Å². The summed E-state index contributed by atoms with van der Waals surface area (Å²) >= 11 is 12.1. The zero-order valence-electron chi connectivity index (χ0n) is 14.2. The van der Waals surface area contributed by atoms with Crippen molar-refractivity contribution in [2.45, 2.75) is 26.3 Å². The number of likely N-dealkylation sites (tertiary alicyclic amines) is 1. The van der Waals surface area contributed by atoms with Crippen LogP contribution in [-0.4, -0.2) is 48.7 Å². The van der Waals surface area contributed by atoms with E-state index in [1.165, 1.54) is 19.4 Å². The molecular weight excluding hydrogens is 333 g/mol. The van der Waals surface area contributed by atoms with Gasteiger partial charge in [0.15, 0.2) is 5.96 Å². The maximum absolute atomic E-state index is 6.10. The van der Waals surface area contributed by atoms with Crippen molar-refractivity contribution in [3.05, 3.63) is 21.9 Å². The van der Waals surface area contributed by atoms with Gasteiger partial charge in [-0.1, -0.05) is 23.2 Å². The van der Waals surface area contributed by atoms with Gasteiger partial charge in [0.05, 0.1) is 11.6 Å². The van der Waals surface area contributed by atoms with Crippen LogP contribution in [0.5, 0.6) is 0 Å². The number of halogens is 2. The largest absolute Gasteiger partial charge is 0.357 e. The van der Waals surface area contributed by atoms with E-state index in [2.05, 4.69) is 34.5 Å². The van der Waals surface area contributed by atoms with E-state index in [0.29, 0.717) is 22.6 Å². The number of piperidine rings is 1. The van der Waals surface area contributed by atoms with Crippen molar-refractivity contribution in [3.8, 4) is 0 Å². The van der Waals surface area contributed by atoms with E-state index in [-0.39, 0.29) is 0 Å². The van der Waals surface area contributed by atoms with Crippen LogP contribution >= 0.6 is 23.2 Å². The van der Waals surface area contributed by atoms with E-state index in [1.54, 1.807) is 0 Å². The fraction of sp³-hybridized carbons (Fsp3) is 0.688. The Morgan fingerprint density at radius 2 is 2.13 bits per heavy atom. The molecule has 0 aliphatic carbocycles. The predicted molar refractivity (Wildman–Crippen MR) is 98.5 cm³/mol. The predicted octanol–water partition coefficient (Wildman–Crippen LogP) is 2.73. The molecule has 1 aliphatic heterocycles. The summed E-state index contributed by atoms with van der Waals surface area (Å²) in [5.74, 6) is 1.52. The van der Waals surface area contributed by atoms with Gasteiger partial charge < -0.3 is 20.1 Å². The molecule has 0 bridgehead atoms. The first-order valence-electron chi connectivity index (χ1n) is 8.21. The zero-order valence-corrected chi connectivity index (χ0v) is 15.7. The molecule has 1 saturated heterocycles. The highest BCUT2D eigenvalue weighted by atomic mass is 35.5. The molecule has 2 N–H and O–H groups in total. The molecule has 1 aliphatic rings. The first-order chi connectivity index (χ1) is 11.0. The van der Waals surface area contributed by atoms with Crippen LogP contribution < -0.4 is 10.6 Å². The Kier molecular flexibility index (Phi) is 7.06. The van der Waals surface area contributed by atoms with Gasteiger partial charge in [0.2, 0.25) is 0 Å². The molecule has 1 fully saturated rings. The minimum Gasteiger partial charge on any atom is -0.357 e. The molecule has 1 aromatic rings. The van der Waals surface area contributed by atoms with E-state index in [9.17, 15) is 0 Å². The van der Waals surface area contributed by atoms with Crippen LogP contribution in [0.15, 0.2) is 11.1 Å². The Morgan fingerprint density at radius 3 is 2.74 bits per heavy atom. The van der Waals surface area contributed by atoms with Crippen molar-refractivity contribution in [1.29, 1.82) is 0 Å². The van der Waals surface area contributed by atoms with Gasteiger partial charge in [-0.3, -0.25) is 0 Å². The lowest BCUT2D eigenvalue weighted by molar-refractivity contribution is 0.210. The third-order valence-corrected chi connectivity index (χ3v) is 5.08. The molecule has 1 aromatic heterocycles. The second kappa shape index (κ2) is 8.81. The summed E-state index contributed by atoms with van der Waals surface area (Å²) < 4.78 is 1.87.